The predicted molar refractivity (Wildman–Crippen MR) is 79.9 cm³/mol. The van der Waals surface area contributed by atoms with E-state index in [1.54, 1.807) is 7.11 Å². The normalized spacial score (nSPS) is 11.9. The van der Waals surface area contributed by atoms with Crippen molar-refractivity contribution in [2.75, 3.05) is 14.2 Å². The molecular formula is C14H20ClN3O2. The smallest absolute Gasteiger partial charge is 0.257 e. The fraction of sp³-hybridized carbons (Fsp3) is 0.429. The van der Waals surface area contributed by atoms with Crippen LogP contribution >= 0.6 is 12.4 Å². The van der Waals surface area contributed by atoms with Gasteiger partial charge in [-0.15, -0.1) is 12.4 Å². The van der Waals surface area contributed by atoms with Gasteiger partial charge in [0, 0.05) is 25.1 Å². The molecule has 1 atom stereocenters. The maximum Gasteiger partial charge on any atom is 0.257 e. The largest absolute Gasteiger partial charge is 0.380 e. The summed E-state index contributed by atoms with van der Waals surface area (Å²) < 4.78 is 10.4. The number of benzene rings is 1. The maximum absolute atomic E-state index is 5.30. The Kier molecular flexibility index (Phi) is 6.64. The Labute approximate surface area is 125 Å². The summed E-state index contributed by atoms with van der Waals surface area (Å²) in [7, 11) is 3.59. The van der Waals surface area contributed by atoms with Crippen LogP contribution in [-0.2, 0) is 17.8 Å². The van der Waals surface area contributed by atoms with E-state index in [0.29, 0.717) is 24.4 Å². The molecule has 0 aliphatic rings. The van der Waals surface area contributed by atoms with E-state index in [0.717, 1.165) is 17.5 Å². The van der Waals surface area contributed by atoms with Crippen LogP contribution in [0.4, 0.5) is 0 Å². The van der Waals surface area contributed by atoms with Crippen LogP contribution in [0.5, 0.6) is 0 Å². The van der Waals surface area contributed by atoms with Crippen molar-refractivity contribution in [2.45, 2.75) is 26.0 Å². The number of halogens is 1. The van der Waals surface area contributed by atoms with Gasteiger partial charge in [-0.3, -0.25) is 0 Å². The number of ether oxygens (including phenoxy) is 1. The van der Waals surface area contributed by atoms with Crippen molar-refractivity contribution in [1.29, 1.82) is 0 Å². The summed E-state index contributed by atoms with van der Waals surface area (Å²) in [6.45, 7) is 2.65. The minimum atomic E-state index is 0. The molecule has 0 spiro atoms. The Hall–Kier alpha value is -1.43. The summed E-state index contributed by atoms with van der Waals surface area (Å²) in [6, 6.07) is 8.25. The second kappa shape index (κ2) is 7.99. The summed E-state index contributed by atoms with van der Waals surface area (Å²) in [4.78, 5) is 4.41. The zero-order valence-corrected chi connectivity index (χ0v) is 12.7. The van der Waals surface area contributed by atoms with E-state index < -0.39 is 0 Å². The van der Waals surface area contributed by atoms with E-state index in [2.05, 4.69) is 22.4 Å². The molecule has 0 bridgehead atoms. The molecule has 0 amide bonds. The molecule has 20 heavy (non-hydrogen) atoms. The van der Waals surface area contributed by atoms with Gasteiger partial charge in [0.1, 0.15) is 0 Å². The van der Waals surface area contributed by atoms with Crippen molar-refractivity contribution in [3.8, 4) is 11.5 Å². The molecule has 1 aromatic heterocycles. The summed E-state index contributed by atoms with van der Waals surface area (Å²) in [5.41, 5.74) is 2.01. The molecule has 1 N–H and O–H groups in total. The zero-order valence-electron chi connectivity index (χ0n) is 11.9. The SMILES string of the molecule is CNC(C)Cc1noc(-c2cccc(COC)c2)n1.Cl. The molecule has 0 saturated heterocycles. The minimum Gasteiger partial charge on any atom is -0.380 e. The number of hydrogen-bond acceptors (Lipinski definition) is 5. The number of nitrogens with zero attached hydrogens (tertiary/aromatic N) is 2. The lowest BCUT2D eigenvalue weighted by Gasteiger charge is -2.04. The highest BCUT2D eigenvalue weighted by atomic mass is 35.5. The van der Waals surface area contributed by atoms with Crippen LogP contribution in [0.15, 0.2) is 28.8 Å². The van der Waals surface area contributed by atoms with Gasteiger partial charge in [0.2, 0.25) is 0 Å². The Morgan fingerprint density at radius 2 is 2.20 bits per heavy atom. The third kappa shape index (κ3) is 4.30. The van der Waals surface area contributed by atoms with Gasteiger partial charge in [0.05, 0.1) is 6.61 Å². The maximum atomic E-state index is 5.30. The van der Waals surface area contributed by atoms with E-state index in [-0.39, 0.29) is 12.4 Å². The fourth-order valence-electron chi connectivity index (χ4n) is 1.79. The van der Waals surface area contributed by atoms with Crippen LogP contribution in [0.25, 0.3) is 11.5 Å². The predicted octanol–water partition coefficient (Wildman–Crippen LogP) is 2.46. The first-order chi connectivity index (χ1) is 9.22. The lowest BCUT2D eigenvalue weighted by molar-refractivity contribution is 0.185. The molecule has 0 aliphatic heterocycles. The molecular weight excluding hydrogens is 278 g/mol. The summed E-state index contributed by atoms with van der Waals surface area (Å²) >= 11 is 0. The number of hydrogen-bond donors (Lipinski definition) is 1. The van der Waals surface area contributed by atoms with Crippen LogP contribution in [-0.4, -0.2) is 30.3 Å². The number of methoxy groups -OCH3 is 1. The van der Waals surface area contributed by atoms with Crippen LogP contribution in [0.2, 0.25) is 0 Å². The van der Waals surface area contributed by atoms with E-state index in [9.17, 15) is 0 Å². The third-order valence-electron chi connectivity index (χ3n) is 2.93. The van der Waals surface area contributed by atoms with Crippen molar-refractivity contribution >= 4 is 12.4 Å². The first-order valence-electron chi connectivity index (χ1n) is 6.31. The first kappa shape index (κ1) is 16.6. The zero-order chi connectivity index (χ0) is 13.7. The second-order valence-electron chi connectivity index (χ2n) is 4.54. The minimum absolute atomic E-state index is 0. The molecule has 1 heterocycles. The van der Waals surface area contributed by atoms with Crippen LogP contribution in [0.1, 0.15) is 18.3 Å². The van der Waals surface area contributed by atoms with Crippen molar-refractivity contribution in [1.82, 2.24) is 15.5 Å². The van der Waals surface area contributed by atoms with Gasteiger partial charge in [-0.25, -0.2) is 0 Å². The average Bonchev–Trinajstić information content (AvgIpc) is 2.88. The van der Waals surface area contributed by atoms with Crippen molar-refractivity contribution < 1.29 is 9.26 Å². The molecule has 0 saturated carbocycles. The van der Waals surface area contributed by atoms with Crippen molar-refractivity contribution in [2.24, 2.45) is 0 Å². The van der Waals surface area contributed by atoms with Gasteiger partial charge in [0.15, 0.2) is 5.82 Å². The monoisotopic (exact) mass is 297 g/mol. The molecule has 0 radical (unpaired) electrons. The van der Waals surface area contributed by atoms with E-state index >= 15 is 0 Å². The summed E-state index contributed by atoms with van der Waals surface area (Å²) in [6.07, 6.45) is 0.748. The Bertz CT molecular complexity index is 531. The second-order valence-corrected chi connectivity index (χ2v) is 4.54. The summed E-state index contributed by atoms with van der Waals surface area (Å²) in [5.74, 6) is 1.27. The molecule has 110 valence electrons. The topological polar surface area (TPSA) is 60.2 Å². The van der Waals surface area contributed by atoms with E-state index in [4.69, 9.17) is 9.26 Å². The molecule has 2 rings (SSSR count). The Morgan fingerprint density at radius 3 is 2.90 bits per heavy atom. The standard InChI is InChI=1S/C14H19N3O2.ClH/c1-10(15-2)7-13-16-14(19-17-13)12-6-4-5-11(8-12)9-18-3;/h4-6,8,10,15H,7,9H2,1-3H3;1H. The van der Waals surface area contributed by atoms with Gasteiger partial charge >= 0.3 is 0 Å². The van der Waals surface area contributed by atoms with Crippen LogP contribution < -0.4 is 5.32 Å². The van der Waals surface area contributed by atoms with E-state index in [1.807, 2.05) is 31.3 Å². The molecule has 1 unspecified atom stereocenters. The highest BCUT2D eigenvalue weighted by Crippen LogP contribution is 2.19. The van der Waals surface area contributed by atoms with Gasteiger partial charge < -0.3 is 14.6 Å². The molecule has 0 aliphatic carbocycles. The fourth-order valence-corrected chi connectivity index (χ4v) is 1.79. The quantitative estimate of drug-likeness (QED) is 0.887. The van der Waals surface area contributed by atoms with Crippen molar-refractivity contribution in [3.63, 3.8) is 0 Å². The molecule has 5 nitrogen and oxygen atoms in total. The van der Waals surface area contributed by atoms with Crippen molar-refractivity contribution in [3.05, 3.63) is 35.7 Å². The van der Waals surface area contributed by atoms with E-state index in [1.165, 1.54) is 0 Å². The van der Waals surface area contributed by atoms with Gasteiger partial charge in [-0.05, 0) is 31.7 Å². The number of aromatic nitrogens is 2. The van der Waals surface area contributed by atoms with Crippen LogP contribution in [0.3, 0.4) is 0 Å². The summed E-state index contributed by atoms with van der Waals surface area (Å²) in [5, 5.41) is 7.15. The number of rotatable bonds is 6. The highest BCUT2D eigenvalue weighted by Gasteiger charge is 2.11. The number of likely N-dealkylation sites (N-methyl/N-ethyl adjacent to an activating group) is 1. The average molecular weight is 298 g/mol. The number of nitrogens with one attached hydrogen (secondary N) is 1. The van der Waals surface area contributed by atoms with Gasteiger partial charge in [0.25, 0.3) is 5.89 Å². The molecule has 2 aromatic rings. The van der Waals surface area contributed by atoms with Gasteiger partial charge in [-0.1, -0.05) is 17.3 Å². The van der Waals surface area contributed by atoms with Gasteiger partial charge in [-0.2, -0.15) is 4.98 Å². The third-order valence-corrected chi connectivity index (χ3v) is 2.93. The molecule has 6 heteroatoms. The Morgan fingerprint density at radius 1 is 1.40 bits per heavy atom. The lowest BCUT2D eigenvalue weighted by atomic mass is 10.1. The Balaban J connectivity index is 0.00000200. The van der Waals surface area contributed by atoms with Crippen LogP contribution in [0, 0.1) is 0 Å². The lowest BCUT2D eigenvalue weighted by Crippen LogP contribution is -2.24. The first-order valence-corrected chi connectivity index (χ1v) is 6.31. The highest BCUT2D eigenvalue weighted by molar-refractivity contribution is 5.85. The molecule has 0 fully saturated rings. The molecule has 1 aromatic carbocycles.